The molecule has 1 aromatic heterocycles. The number of aromatic amines is 1. The van der Waals surface area contributed by atoms with Crippen LogP contribution in [0.25, 0.3) is 0 Å². The van der Waals surface area contributed by atoms with Gasteiger partial charge in [-0.25, -0.2) is 9.69 Å². The predicted octanol–water partition coefficient (Wildman–Crippen LogP) is 5.30. The zero-order chi connectivity index (χ0) is 28.7. The third-order valence-electron chi connectivity index (χ3n) is 7.23. The van der Waals surface area contributed by atoms with Crippen molar-refractivity contribution < 1.29 is 23.9 Å². The highest BCUT2D eigenvalue weighted by Crippen LogP contribution is 2.53. The van der Waals surface area contributed by atoms with Crippen LogP contribution in [0.4, 0.5) is 5.69 Å². The van der Waals surface area contributed by atoms with E-state index in [2.05, 4.69) is 4.98 Å². The van der Waals surface area contributed by atoms with E-state index in [-0.39, 0.29) is 23.3 Å². The SMILES string of the molecule is CCOC(=O)c1ccc(N2C(=O)C3Sc4[nH]c(=O)sc4C(c4ccc(OCc5ccc(C)cc5)cc4)C3C2=O)cc1. The Balaban J connectivity index is 1.29. The number of aryl methyl sites for hydroxylation is 1. The van der Waals surface area contributed by atoms with Gasteiger partial charge < -0.3 is 14.5 Å². The number of amides is 2. The molecular weight excluding hydrogens is 560 g/mol. The molecule has 208 valence electrons. The van der Waals surface area contributed by atoms with E-state index >= 15 is 0 Å². The van der Waals surface area contributed by atoms with Crippen molar-refractivity contribution in [3.8, 4) is 5.75 Å². The number of H-pyrrole nitrogens is 1. The molecule has 2 amide bonds. The van der Waals surface area contributed by atoms with Crippen LogP contribution in [0.1, 0.15) is 44.8 Å². The van der Waals surface area contributed by atoms with E-state index in [9.17, 15) is 19.2 Å². The van der Waals surface area contributed by atoms with Crippen LogP contribution in [-0.2, 0) is 20.9 Å². The average Bonchev–Trinajstić information content (AvgIpc) is 3.47. The summed E-state index contributed by atoms with van der Waals surface area (Å²) in [7, 11) is 0. The molecule has 0 radical (unpaired) electrons. The molecule has 0 aliphatic carbocycles. The van der Waals surface area contributed by atoms with E-state index < -0.39 is 23.1 Å². The van der Waals surface area contributed by atoms with Crippen LogP contribution in [0.2, 0.25) is 0 Å². The third kappa shape index (κ3) is 5.09. The van der Waals surface area contributed by atoms with Crippen molar-refractivity contribution in [3.05, 3.63) is 110 Å². The minimum Gasteiger partial charge on any atom is -0.489 e. The van der Waals surface area contributed by atoms with E-state index in [1.54, 1.807) is 31.2 Å². The van der Waals surface area contributed by atoms with Crippen LogP contribution in [0.15, 0.2) is 82.6 Å². The van der Waals surface area contributed by atoms with Gasteiger partial charge in [0.15, 0.2) is 0 Å². The molecule has 41 heavy (non-hydrogen) atoms. The summed E-state index contributed by atoms with van der Waals surface area (Å²) in [4.78, 5) is 56.5. The molecule has 1 N–H and O–H groups in total. The number of hydrogen-bond donors (Lipinski definition) is 1. The Kier molecular flexibility index (Phi) is 7.27. The lowest BCUT2D eigenvalue weighted by Gasteiger charge is -2.29. The summed E-state index contributed by atoms with van der Waals surface area (Å²) in [5.74, 6) is -1.66. The number of benzene rings is 3. The second-order valence-corrected chi connectivity index (χ2v) is 12.0. The molecule has 3 heterocycles. The van der Waals surface area contributed by atoms with Gasteiger partial charge in [-0.3, -0.25) is 14.4 Å². The number of esters is 1. The highest BCUT2D eigenvalue weighted by atomic mass is 32.2. The molecule has 4 aromatic rings. The van der Waals surface area contributed by atoms with E-state index in [1.165, 1.54) is 22.2 Å². The highest BCUT2D eigenvalue weighted by Gasteiger charge is 2.56. The van der Waals surface area contributed by atoms with Crippen LogP contribution >= 0.6 is 23.1 Å². The minimum atomic E-state index is -0.701. The Bertz CT molecular complexity index is 1680. The zero-order valence-corrected chi connectivity index (χ0v) is 23.9. The molecule has 2 aliphatic heterocycles. The number of nitrogens with one attached hydrogen (secondary N) is 1. The maximum absolute atomic E-state index is 13.9. The van der Waals surface area contributed by atoms with Crippen molar-refractivity contribution in [2.45, 2.75) is 36.6 Å². The third-order valence-corrected chi connectivity index (χ3v) is 9.63. The molecule has 0 spiro atoms. The molecular formula is C31H26N2O6S2. The van der Waals surface area contributed by atoms with E-state index in [0.29, 0.717) is 28.6 Å². The molecule has 2 aliphatic rings. The number of hydrogen-bond acceptors (Lipinski definition) is 8. The van der Waals surface area contributed by atoms with Crippen molar-refractivity contribution in [1.29, 1.82) is 0 Å². The number of thioether (sulfide) groups is 1. The summed E-state index contributed by atoms with van der Waals surface area (Å²) < 4.78 is 11.0. The fourth-order valence-electron chi connectivity index (χ4n) is 5.21. The van der Waals surface area contributed by atoms with Gasteiger partial charge in [0.25, 0.3) is 0 Å². The maximum Gasteiger partial charge on any atom is 0.338 e. The Morgan fingerprint density at radius 1 is 0.927 bits per heavy atom. The summed E-state index contributed by atoms with van der Waals surface area (Å²) >= 11 is 2.29. The number of aromatic nitrogens is 1. The first kappa shape index (κ1) is 27.0. The van der Waals surface area contributed by atoms with Crippen molar-refractivity contribution in [1.82, 2.24) is 4.98 Å². The second-order valence-electron chi connectivity index (χ2n) is 9.87. The number of carbonyl (C=O) groups is 3. The van der Waals surface area contributed by atoms with Gasteiger partial charge in [0.1, 0.15) is 17.6 Å². The number of ether oxygens (including phenoxy) is 2. The Labute approximate surface area is 244 Å². The lowest BCUT2D eigenvalue weighted by atomic mass is 9.83. The smallest absolute Gasteiger partial charge is 0.338 e. The summed E-state index contributed by atoms with van der Waals surface area (Å²) in [6.07, 6.45) is 0. The standard InChI is InChI=1S/C31H26N2O6S2/c1-3-38-30(36)20-8-12-21(13-9-20)33-28(34)24-23(25-27(32-31(37)41-25)40-26(24)29(33)35)19-10-14-22(15-11-19)39-16-18-6-4-17(2)5-7-18/h4-15,23-24,26H,3,16H2,1-2H3,(H,32,37). The number of carbonyl (C=O) groups excluding carboxylic acids is 3. The number of anilines is 1. The van der Waals surface area contributed by atoms with Crippen LogP contribution < -0.4 is 14.5 Å². The minimum absolute atomic E-state index is 0.225. The van der Waals surface area contributed by atoms with E-state index in [4.69, 9.17) is 9.47 Å². The number of fused-ring (bicyclic) bond motifs is 2. The molecule has 8 nitrogen and oxygen atoms in total. The Morgan fingerprint density at radius 2 is 1.63 bits per heavy atom. The van der Waals surface area contributed by atoms with Gasteiger partial charge in [0, 0.05) is 10.8 Å². The highest BCUT2D eigenvalue weighted by molar-refractivity contribution is 8.00. The number of rotatable bonds is 7. The van der Waals surface area contributed by atoms with Gasteiger partial charge in [-0.2, -0.15) is 0 Å². The predicted molar refractivity (Wildman–Crippen MR) is 157 cm³/mol. The first-order chi connectivity index (χ1) is 19.8. The molecule has 3 unspecified atom stereocenters. The van der Waals surface area contributed by atoms with Crippen LogP contribution in [0, 0.1) is 12.8 Å². The van der Waals surface area contributed by atoms with Crippen molar-refractivity contribution in [2.24, 2.45) is 5.92 Å². The molecule has 3 aromatic carbocycles. The Hall–Kier alpha value is -4.15. The van der Waals surface area contributed by atoms with Crippen LogP contribution in [0.5, 0.6) is 5.75 Å². The van der Waals surface area contributed by atoms with E-state index in [1.807, 2.05) is 55.5 Å². The second kappa shape index (κ2) is 11.0. The number of thiazole rings is 1. The van der Waals surface area contributed by atoms with Gasteiger partial charge in [0.05, 0.1) is 28.8 Å². The molecule has 1 fully saturated rings. The van der Waals surface area contributed by atoms with Crippen molar-refractivity contribution in [3.63, 3.8) is 0 Å². The summed E-state index contributed by atoms with van der Waals surface area (Å²) in [6.45, 7) is 4.43. The first-order valence-corrected chi connectivity index (χ1v) is 14.9. The van der Waals surface area contributed by atoms with Gasteiger partial charge in [-0.15, -0.1) is 0 Å². The van der Waals surface area contributed by atoms with Gasteiger partial charge in [-0.05, 0) is 61.4 Å². The zero-order valence-electron chi connectivity index (χ0n) is 22.3. The number of nitrogens with zero attached hydrogens (tertiary/aromatic N) is 1. The molecule has 0 bridgehead atoms. The van der Waals surface area contributed by atoms with Crippen LogP contribution in [-0.4, -0.2) is 34.6 Å². The molecule has 6 rings (SSSR count). The van der Waals surface area contributed by atoms with E-state index in [0.717, 1.165) is 27.3 Å². The largest absolute Gasteiger partial charge is 0.489 e. The Morgan fingerprint density at radius 3 is 2.32 bits per heavy atom. The fraction of sp³-hybridized carbons (Fsp3) is 0.226. The average molecular weight is 587 g/mol. The molecule has 3 atom stereocenters. The first-order valence-electron chi connectivity index (χ1n) is 13.2. The normalized spacial score (nSPS) is 19.6. The fourth-order valence-corrected chi connectivity index (χ4v) is 7.73. The topological polar surface area (TPSA) is 106 Å². The quantitative estimate of drug-likeness (QED) is 0.232. The monoisotopic (exact) mass is 586 g/mol. The van der Waals surface area contributed by atoms with Gasteiger partial charge >= 0.3 is 10.8 Å². The van der Waals surface area contributed by atoms with Gasteiger partial charge in [-0.1, -0.05) is 65.1 Å². The summed E-state index contributed by atoms with van der Waals surface area (Å²) in [6, 6.07) is 21.9. The number of imide groups is 1. The van der Waals surface area contributed by atoms with Crippen molar-refractivity contribution in [2.75, 3.05) is 11.5 Å². The molecule has 10 heteroatoms. The molecule has 0 saturated carbocycles. The van der Waals surface area contributed by atoms with Crippen LogP contribution in [0.3, 0.4) is 0 Å². The maximum atomic E-state index is 13.9. The van der Waals surface area contributed by atoms with Crippen molar-refractivity contribution >= 4 is 46.6 Å². The van der Waals surface area contributed by atoms with Gasteiger partial charge in [0.2, 0.25) is 11.8 Å². The summed E-state index contributed by atoms with van der Waals surface area (Å²) in [5.41, 5.74) is 3.78. The summed E-state index contributed by atoms with van der Waals surface area (Å²) in [5, 5.41) is -0.0842. The lowest BCUT2D eigenvalue weighted by Crippen LogP contribution is -2.32. The lowest BCUT2D eigenvalue weighted by molar-refractivity contribution is -0.122. The molecule has 1 saturated heterocycles.